The number of carbonyl (C=O) groups is 3. The summed E-state index contributed by atoms with van der Waals surface area (Å²) in [5, 5.41) is 13.1. The van der Waals surface area contributed by atoms with Crippen LogP contribution in [-0.4, -0.2) is 51.3 Å². The number of hydrogen-bond acceptors (Lipinski definition) is 9. The van der Waals surface area contributed by atoms with Crippen LogP contribution >= 0.6 is 0 Å². The number of nitrogens with zero attached hydrogens (tertiary/aromatic N) is 4. The van der Waals surface area contributed by atoms with E-state index >= 15 is 0 Å². The van der Waals surface area contributed by atoms with Crippen LogP contribution in [-0.2, 0) is 16.2 Å². The Labute approximate surface area is 237 Å². The lowest BCUT2D eigenvalue weighted by Crippen LogP contribution is -3.12. The third-order valence-electron chi connectivity index (χ3n) is 11.3. The van der Waals surface area contributed by atoms with Crippen LogP contribution in [0.3, 0.4) is 0 Å². The number of amides is 3. The van der Waals surface area contributed by atoms with E-state index in [1.165, 1.54) is 10.6 Å². The lowest BCUT2D eigenvalue weighted by atomic mass is 8.92. The number of aliphatic imine (C=N–C) groups is 1. The normalized spacial score (nSPS) is 36.1. The number of nitrogens with one attached hydrogen (secondary N) is 4. The van der Waals surface area contributed by atoms with Gasteiger partial charge in [0.05, 0.1) is 11.9 Å². The zero-order chi connectivity index (χ0) is 28.1. The highest BCUT2D eigenvalue weighted by atomic mass is 16.7. The Bertz CT molecular complexity index is 1820. The summed E-state index contributed by atoms with van der Waals surface area (Å²) < 4.78 is 6.85. The van der Waals surface area contributed by atoms with Gasteiger partial charge in [-0.2, -0.15) is 10.1 Å². The van der Waals surface area contributed by atoms with E-state index < -0.39 is 5.91 Å². The number of rotatable bonds is 7. The van der Waals surface area contributed by atoms with Crippen LogP contribution in [0.1, 0.15) is 26.5 Å². The predicted molar refractivity (Wildman–Crippen MR) is 144 cm³/mol. The summed E-state index contributed by atoms with van der Waals surface area (Å²) in [5.41, 5.74) is 5.50. The molecule has 11 rings (SSSR count). The quantitative estimate of drug-likeness (QED) is 0.329. The molecule has 2 aromatic heterocycles. The van der Waals surface area contributed by atoms with E-state index in [0.29, 0.717) is 65.0 Å². The third kappa shape index (κ3) is 2.30. The maximum Gasteiger partial charge on any atom is 0.270 e. The first-order valence-electron chi connectivity index (χ1n) is 14.1. The summed E-state index contributed by atoms with van der Waals surface area (Å²) in [6.07, 6.45) is 1.56. The Kier molecular flexibility index (Phi) is 3.84. The summed E-state index contributed by atoms with van der Waals surface area (Å²) in [6.45, 7) is 4.60. The van der Waals surface area contributed by atoms with E-state index in [-0.39, 0.29) is 47.2 Å². The molecule has 6 fully saturated rings. The Morgan fingerprint density at radius 3 is 2.64 bits per heavy atom. The topological polar surface area (TPSA) is 160 Å². The van der Waals surface area contributed by atoms with Gasteiger partial charge in [-0.15, -0.1) is 0 Å². The number of aromatic nitrogens is 3. The Morgan fingerprint density at radius 2 is 1.88 bits per heavy atom. The van der Waals surface area contributed by atoms with Crippen LogP contribution in [0.2, 0.25) is 0 Å². The highest BCUT2D eigenvalue weighted by Gasteiger charge is 3.10. The zero-order valence-corrected chi connectivity index (χ0v) is 22.1. The van der Waals surface area contributed by atoms with E-state index in [4.69, 9.17) is 9.57 Å². The number of hydrogen-bond donors (Lipinski definition) is 4. The molecule has 6 aliphatic carbocycles. The number of hydroxylamine groups is 1. The summed E-state index contributed by atoms with van der Waals surface area (Å²) in [5.74, 6) is 4.81. The Balaban J connectivity index is 0.837. The van der Waals surface area contributed by atoms with Gasteiger partial charge >= 0.3 is 0 Å². The van der Waals surface area contributed by atoms with Crippen molar-refractivity contribution in [3.8, 4) is 5.75 Å². The fourth-order valence-corrected chi connectivity index (χ4v) is 10.1. The molecule has 2 aliphatic heterocycles. The van der Waals surface area contributed by atoms with Gasteiger partial charge in [-0.3, -0.25) is 14.4 Å². The lowest BCUT2D eigenvalue weighted by molar-refractivity contribution is -0.635. The molecule has 0 radical (unpaired) electrons. The zero-order valence-electron chi connectivity index (χ0n) is 22.1. The van der Waals surface area contributed by atoms with Gasteiger partial charge in [-0.1, -0.05) is 6.07 Å². The minimum absolute atomic E-state index is 0.0206. The van der Waals surface area contributed by atoms with E-state index in [0.717, 1.165) is 11.4 Å². The molecular formula is C29H24N8O5. The van der Waals surface area contributed by atoms with Crippen molar-refractivity contribution in [2.75, 3.05) is 18.5 Å². The van der Waals surface area contributed by atoms with Crippen LogP contribution in [0.5, 0.6) is 5.75 Å². The van der Waals surface area contributed by atoms with Gasteiger partial charge in [0.2, 0.25) is 5.88 Å². The third-order valence-corrected chi connectivity index (χ3v) is 11.3. The van der Waals surface area contributed by atoms with Crippen LogP contribution in [0.15, 0.2) is 54.0 Å². The first-order chi connectivity index (χ1) is 20.4. The second kappa shape index (κ2) is 7.09. The molecule has 0 spiro atoms. The van der Waals surface area contributed by atoms with Crippen molar-refractivity contribution in [3.63, 3.8) is 0 Å². The number of ether oxygens (including phenoxy) is 1. The summed E-state index contributed by atoms with van der Waals surface area (Å²) in [7, 11) is 0. The summed E-state index contributed by atoms with van der Waals surface area (Å²) in [6, 6.07) is 8.47. The monoisotopic (exact) mass is 564 g/mol. The van der Waals surface area contributed by atoms with Gasteiger partial charge in [-0.05, 0) is 65.2 Å². The molecule has 4 heterocycles. The van der Waals surface area contributed by atoms with E-state index in [1.54, 1.807) is 24.4 Å². The van der Waals surface area contributed by atoms with Gasteiger partial charge in [0, 0.05) is 30.6 Å². The van der Waals surface area contributed by atoms with Crippen molar-refractivity contribution in [1.29, 1.82) is 0 Å². The fraction of sp³-hybridized carbons (Fsp3) is 0.379. The van der Waals surface area contributed by atoms with Crippen molar-refractivity contribution in [2.24, 2.45) is 51.3 Å². The van der Waals surface area contributed by atoms with Gasteiger partial charge < -0.3 is 25.5 Å². The molecular weight excluding hydrogens is 540 g/mol. The van der Waals surface area contributed by atoms with Gasteiger partial charge in [-0.25, -0.2) is 15.0 Å². The highest BCUT2D eigenvalue weighted by molar-refractivity contribution is 5.99. The second-order valence-corrected chi connectivity index (χ2v) is 12.4. The lowest BCUT2D eigenvalue weighted by Gasteiger charge is -3.11. The average molecular weight is 565 g/mol. The van der Waals surface area contributed by atoms with Crippen molar-refractivity contribution >= 4 is 34.9 Å². The van der Waals surface area contributed by atoms with Crippen molar-refractivity contribution in [1.82, 2.24) is 30.7 Å². The number of anilines is 1. The average Bonchev–Trinajstić information content (AvgIpc) is 3.67. The van der Waals surface area contributed by atoms with Gasteiger partial charge in [0.1, 0.15) is 23.0 Å². The molecule has 13 nitrogen and oxygen atoms in total. The number of fused-ring (bicyclic) bond motifs is 2. The number of carbonyl (C=O) groups excluding carboxylic acids is 3. The van der Waals surface area contributed by atoms with Crippen molar-refractivity contribution < 1.29 is 24.0 Å². The first-order valence-corrected chi connectivity index (χ1v) is 14.1. The molecule has 3 amide bonds. The van der Waals surface area contributed by atoms with E-state index in [2.05, 4.69) is 43.1 Å². The molecule has 0 saturated heterocycles. The maximum atomic E-state index is 13.5. The minimum Gasteiger partial charge on any atom is -0.482 e. The molecule has 0 unspecified atom stereocenters. The van der Waals surface area contributed by atoms with Crippen LogP contribution in [0.25, 0.3) is 5.65 Å². The van der Waals surface area contributed by atoms with E-state index in [9.17, 15) is 14.4 Å². The van der Waals surface area contributed by atoms with Gasteiger partial charge in [0.25, 0.3) is 17.7 Å². The predicted octanol–water partition coefficient (Wildman–Crippen LogP) is 0.862. The van der Waals surface area contributed by atoms with Crippen molar-refractivity contribution in [3.05, 3.63) is 65.9 Å². The number of amidine groups is 1. The molecule has 0 atom stereocenters. The Hall–Kier alpha value is -4.94. The molecule has 4 N–H and O–H groups in total. The largest absolute Gasteiger partial charge is 0.482 e. The van der Waals surface area contributed by atoms with Gasteiger partial charge in [0.15, 0.2) is 12.3 Å². The second-order valence-electron chi connectivity index (χ2n) is 12.4. The fourth-order valence-electron chi connectivity index (χ4n) is 10.1. The highest BCUT2D eigenvalue weighted by Crippen LogP contribution is 3.10. The maximum absolute atomic E-state index is 13.5. The SMILES string of the molecule is C=C1N=C(C23C4C5C2C2C3C4C52CNC(=O)c2cc(C(=O)NCc3ccc4c(c3)NC(=O)CO4)nc3ccnn23)NO1. The Morgan fingerprint density at radius 1 is 1.07 bits per heavy atom. The van der Waals surface area contributed by atoms with Crippen LogP contribution < -0.4 is 26.2 Å². The minimum atomic E-state index is -0.424. The standard InChI is InChI=1S/C29H24N8O5/c1-11-33-27(36-42-11)29-22-19-23(29)21-24(29)20(22)28(19,21)10-31-26(40)15-7-14(34-17-4-5-32-37(15)17)25(39)30-8-12-2-3-16-13(6-12)35-18(38)9-41-16/h2-7,19-24H,1,8-10H2,(H,30,39)(H,31,40)(H,33,36)(H,35,38). The summed E-state index contributed by atoms with van der Waals surface area (Å²) in [4.78, 5) is 52.5. The molecule has 1 aromatic carbocycles. The van der Waals surface area contributed by atoms with E-state index in [1.807, 2.05) is 6.07 Å². The molecule has 0 bridgehead atoms. The number of benzene rings is 1. The molecule has 3 aromatic rings. The molecule has 6 saturated carbocycles. The molecule has 42 heavy (non-hydrogen) atoms. The molecule has 13 heteroatoms. The first kappa shape index (κ1) is 22.7. The van der Waals surface area contributed by atoms with Crippen molar-refractivity contribution in [2.45, 2.75) is 6.54 Å². The van der Waals surface area contributed by atoms with Crippen LogP contribution in [0.4, 0.5) is 5.69 Å². The van der Waals surface area contributed by atoms with Crippen LogP contribution in [0, 0.1) is 46.3 Å². The molecule has 210 valence electrons. The molecule has 8 aliphatic rings. The smallest absolute Gasteiger partial charge is 0.270 e. The summed E-state index contributed by atoms with van der Waals surface area (Å²) >= 11 is 0.